The number of hydrogen-bond donors (Lipinski definition) is 1. The molecule has 0 fully saturated rings. The molecule has 0 aliphatic rings. The molecule has 1 atom stereocenters. The van der Waals surface area contributed by atoms with Gasteiger partial charge in [-0.3, -0.25) is 4.90 Å². The summed E-state index contributed by atoms with van der Waals surface area (Å²) in [7, 11) is 2.16. The van der Waals surface area contributed by atoms with Crippen molar-refractivity contribution in [2.75, 3.05) is 13.6 Å². The molecule has 1 heterocycles. The van der Waals surface area contributed by atoms with Gasteiger partial charge in [0, 0.05) is 24.2 Å². The third-order valence-electron chi connectivity index (χ3n) is 3.63. The molecule has 1 aromatic rings. The molecule has 0 saturated carbocycles. The van der Waals surface area contributed by atoms with E-state index in [0.29, 0.717) is 0 Å². The fraction of sp³-hybridized carbons (Fsp3) is 0.765. The van der Waals surface area contributed by atoms with Crippen LogP contribution in [-0.4, -0.2) is 24.0 Å². The summed E-state index contributed by atoms with van der Waals surface area (Å²) < 4.78 is 5.88. The lowest BCUT2D eigenvalue weighted by Crippen LogP contribution is -2.35. The lowest BCUT2D eigenvalue weighted by atomic mass is 10.1. The average Bonchev–Trinajstić information content (AvgIpc) is 2.65. The molecule has 0 saturated heterocycles. The van der Waals surface area contributed by atoms with Gasteiger partial charge in [-0.2, -0.15) is 0 Å². The molecule has 3 nitrogen and oxygen atoms in total. The second-order valence-electron chi connectivity index (χ2n) is 7.11. The Balaban J connectivity index is 2.56. The predicted octanol–water partition coefficient (Wildman–Crippen LogP) is 3.95. The molecule has 0 aliphatic carbocycles. The molecule has 0 aromatic carbocycles. The van der Waals surface area contributed by atoms with Crippen LogP contribution in [0, 0.1) is 12.8 Å². The largest absolute Gasteiger partial charge is 0.465 e. The zero-order valence-electron chi connectivity index (χ0n) is 14.3. The molecule has 0 spiro atoms. The van der Waals surface area contributed by atoms with Gasteiger partial charge in [-0.05, 0) is 46.7 Å². The maximum atomic E-state index is 5.88. The first kappa shape index (κ1) is 17.3. The molecule has 1 rings (SSSR count). The Hall–Kier alpha value is -0.800. The Kier molecular flexibility index (Phi) is 6.28. The zero-order valence-corrected chi connectivity index (χ0v) is 14.3. The lowest BCUT2D eigenvalue weighted by Gasteiger charge is -2.20. The van der Waals surface area contributed by atoms with Crippen molar-refractivity contribution in [3.63, 3.8) is 0 Å². The number of aryl methyl sites for hydroxylation is 1. The lowest BCUT2D eigenvalue weighted by molar-refractivity contribution is 0.253. The maximum Gasteiger partial charge on any atom is 0.118 e. The molecule has 116 valence electrons. The summed E-state index contributed by atoms with van der Waals surface area (Å²) in [6, 6.07) is 2.20. The van der Waals surface area contributed by atoms with E-state index < -0.39 is 0 Å². The molecule has 3 heteroatoms. The number of nitrogens with one attached hydrogen (secondary N) is 1. The van der Waals surface area contributed by atoms with Gasteiger partial charge in [-0.25, -0.2) is 0 Å². The number of furan rings is 1. The summed E-state index contributed by atoms with van der Waals surface area (Å²) in [4.78, 5) is 2.34. The van der Waals surface area contributed by atoms with Crippen LogP contribution in [0.15, 0.2) is 10.5 Å². The minimum absolute atomic E-state index is 0.136. The second kappa shape index (κ2) is 7.28. The van der Waals surface area contributed by atoms with E-state index in [0.717, 1.165) is 37.1 Å². The summed E-state index contributed by atoms with van der Waals surface area (Å²) in [5, 5.41) is 3.51. The van der Waals surface area contributed by atoms with E-state index in [4.69, 9.17) is 4.42 Å². The van der Waals surface area contributed by atoms with Crippen LogP contribution in [0.4, 0.5) is 0 Å². The Morgan fingerprint density at radius 1 is 1.35 bits per heavy atom. The van der Waals surface area contributed by atoms with Crippen molar-refractivity contribution in [1.29, 1.82) is 0 Å². The summed E-state index contributed by atoms with van der Waals surface area (Å²) in [5.74, 6) is 2.84. The van der Waals surface area contributed by atoms with Crippen molar-refractivity contribution in [3.8, 4) is 0 Å². The fourth-order valence-corrected chi connectivity index (χ4v) is 2.19. The van der Waals surface area contributed by atoms with E-state index in [1.54, 1.807) is 0 Å². The van der Waals surface area contributed by atoms with Gasteiger partial charge in [0.2, 0.25) is 0 Å². The third kappa shape index (κ3) is 6.10. The molecule has 1 N–H and O–H groups in total. The SMILES string of the molecule is CCC(C)CN(C)Cc1cc(CNC(C)(C)C)c(C)o1. The minimum atomic E-state index is 0.136. The first-order valence-corrected chi connectivity index (χ1v) is 7.73. The summed E-state index contributed by atoms with van der Waals surface area (Å²) in [6.07, 6.45) is 1.22. The van der Waals surface area contributed by atoms with E-state index in [-0.39, 0.29) is 5.54 Å². The first-order valence-electron chi connectivity index (χ1n) is 7.73. The van der Waals surface area contributed by atoms with E-state index >= 15 is 0 Å². The highest BCUT2D eigenvalue weighted by atomic mass is 16.3. The molecule has 0 radical (unpaired) electrons. The molecule has 0 amide bonds. The van der Waals surface area contributed by atoms with Gasteiger partial charge < -0.3 is 9.73 Å². The summed E-state index contributed by atoms with van der Waals surface area (Å²) in [6.45, 7) is 16.0. The quantitative estimate of drug-likeness (QED) is 0.819. The monoisotopic (exact) mass is 280 g/mol. The predicted molar refractivity (Wildman–Crippen MR) is 85.8 cm³/mol. The highest BCUT2D eigenvalue weighted by Crippen LogP contribution is 2.17. The van der Waals surface area contributed by atoms with Crippen molar-refractivity contribution >= 4 is 0 Å². The normalized spacial score (nSPS) is 14.0. The van der Waals surface area contributed by atoms with Gasteiger partial charge in [0.1, 0.15) is 11.5 Å². The van der Waals surface area contributed by atoms with Crippen LogP contribution in [0.25, 0.3) is 0 Å². The van der Waals surface area contributed by atoms with Crippen molar-refractivity contribution in [2.45, 2.75) is 66.6 Å². The van der Waals surface area contributed by atoms with Gasteiger partial charge in [-0.15, -0.1) is 0 Å². The molecule has 20 heavy (non-hydrogen) atoms. The molecule has 0 bridgehead atoms. The first-order chi connectivity index (χ1) is 9.21. The van der Waals surface area contributed by atoms with Gasteiger partial charge in [-0.1, -0.05) is 20.3 Å². The topological polar surface area (TPSA) is 28.4 Å². The second-order valence-corrected chi connectivity index (χ2v) is 7.11. The fourth-order valence-electron chi connectivity index (χ4n) is 2.19. The number of rotatable bonds is 7. The van der Waals surface area contributed by atoms with Crippen LogP contribution in [0.2, 0.25) is 0 Å². The molecular weight excluding hydrogens is 248 g/mol. The van der Waals surface area contributed by atoms with Gasteiger partial charge >= 0.3 is 0 Å². The van der Waals surface area contributed by atoms with E-state index in [9.17, 15) is 0 Å². The highest BCUT2D eigenvalue weighted by molar-refractivity contribution is 5.20. The standard InChI is InChI=1S/C17H32N2O/c1-8-13(2)11-19(7)12-16-9-15(14(3)20-16)10-18-17(4,5)6/h9,13,18H,8,10-12H2,1-7H3. The Bertz CT molecular complexity index is 404. The molecule has 1 aromatic heterocycles. The minimum Gasteiger partial charge on any atom is -0.465 e. The number of nitrogens with zero attached hydrogens (tertiary/aromatic N) is 1. The van der Waals surface area contributed by atoms with E-state index in [2.05, 4.69) is 64.9 Å². The Morgan fingerprint density at radius 2 is 2.00 bits per heavy atom. The van der Waals surface area contributed by atoms with Crippen LogP contribution in [0.1, 0.15) is 58.1 Å². The maximum absolute atomic E-state index is 5.88. The average molecular weight is 280 g/mol. The summed E-state index contributed by atoms with van der Waals surface area (Å²) in [5.41, 5.74) is 1.41. The number of hydrogen-bond acceptors (Lipinski definition) is 3. The van der Waals surface area contributed by atoms with E-state index in [1.165, 1.54) is 12.0 Å². The van der Waals surface area contributed by atoms with Crippen molar-refractivity contribution < 1.29 is 4.42 Å². The van der Waals surface area contributed by atoms with E-state index in [1.807, 2.05) is 0 Å². The molecular formula is C17H32N2O. The zero-order chi connectivity index (χ0) is 15.3. The summed E-state index contributed by atoms with van der Waals surface area (Å²) >= 11 is 0. The van der Waals surface area contributed by atoms with Crippen molar-refractivity contribution in [3.05, 3.63) is 23.2 Å². The van der Waals surface area contributed by atoms with Gasteiger partial charge in [0.15, 0.2) is 0 Å². The third-order valence-corrected chi connectivity index (χ3v) is 3.63. The van der Waals surface area contributed by atoms with Crippen LogP contribution in [-0.2, 0) is 13.1 Å². The Morgan fingerprint density at radius 3 is 2.55 bits per heavy atom. The van der Waals surface area contributed by atoms with Crippen LogP contribution in [0.3, 0.4) is 0 Å². The van der Waals surface area contributed by atoms with Gasteiger partial charge in [0.05, 0.1) is 6.54 Å². The van der Waals surface area contributed by atoms with Crippen LogP contribution >= 0.6 is 0 Å². The molecule has 0 aliphatic heterocycles. The smallest absolute Gasteiger partial charge is 0.118 e. The van der Waals surface area contributed by atoms with Crippen LogP contribution < -0.4 is 5.32 Å². The van der Waals surface area contributed by atoms with Gasteiger partial charge in [0.25, 0.3) is 0 Å². The van der Waals surface area contributed by atoms with Crippen molar-refractivity contribution in [1.82, 2.24) is 10.2 Å². The van der Waals surface area contributed by atoms with Crippen molar-refractivity contribution in [2.24, 2.45) is 5.92 Å². The highest BCUT2D eigenvalue weighted by Gasteiger charge is 2.14. The molecule has 1 unspecified atom stereocenters. The Labute approximate surface area is 124 Å². The van der Waals surface area contributed by atoms with Crippen LogP contribution in [0.5, 0.6) is 0 Å².